The zero-order valence-electron chi connectivity index (χ0n) is 14.4. The Balaban J connectivity index is 2.15. The van der Waals surface area contributed by atoms with Gasteiger partial charge in [-0.2, -0.15) is 0 Å². The van der Waals surface area contributed by atoms with Crippen LogP contribution >= 0.6 is 0 Å². The smallest absolute Gasteiger partial charge is 0.00145 e. The molecule has 3 aromatic carbocycles. The lowest BCUT2D eigenvalue weighted by atomic mass is 9.88. The van der Waals surface area contributed by atoms with Crippen LogP contribution in [-0.2, 0) is 0 Å². The molecule has 0 bridgehead atoms. The van der Waals surface area contributed by atoms with Gasteiger partial charge in [-0.3, -0.25) is 0 Å². The Morgan fingerprint density at radius 3 is 1.64 bits per heavy atom. The number of benzene rings is 3. The van der Waals surface area contributed by atoms with Crippen molar-refractivity contribution in [1.29, 1.82) is 0 Å². The average molecular weight is 320 g/mol. The molecule has 1 aliphatic carbocycles. The summed E-state index contributed by atoms with van der Waals surface area (Å²) >= 11 is 0. The largest absolute Gasteiger partial charge is 0.0985 e. The number of rotatable bonds is 3. The predicted octanol–water partition coefficient (Wildman–Crippen LogP) is 6.76. The lowest BCUT2D eigenvalue weighted by molar-refractivity contribution is 1.54. The van der Waals surface area contributed by atoms with Crippen molar-refractivity contribution in [2.24, 2.45) is 0 Å². The molecule has 3 aromatic rings. The summed E-state index contributed by atoms with van der Waals surface area (Å²) in [5.41, 5.74) is 10.1. The van der Waals surface area contributed by atoms with Crippen molar-refractivity contribution < 1.29 is 0 Å². The van der Waals surface area contributed by atoms with Crippen molar-refractivity contribution in [2.75, 3.05) is 0 Å². The Kier molecular flexibility index (Phi) is 3.95. The van der Waals surface area contributed by atoms with E-state index in [0.29, 0.717) is 0 Å². The molecule has 0 nitrogen and oxygen atoms in total. The van der Waals surface area contributed by atoms with Crippen molar-refractivity contribution in [3.05, 3.63) is 120 Å². The molecule has 0 spiro atoms. The Morgan fingerprint density at radius 2 is 1.16 bits per heavy atom. The molecule has 0 heterocycles. The minimum absolute atomic E-state index is 1.16. The molecule has 0 saturated carbocycles. The molecule has 0 N–H and O–H groups in total. The molecule has 0 aliphatic heterocycles. The van der Waals surface area contributed by atoms with Crippen molar-refractivity contribution in [1.82, 2.24) is 0 Å². The van der Waals surface area contributed by atoms with Crippen LogP contribution in [0, 0.1) is 0 Å². The zero-order valence-corrected chi connectivity index (χ0v) is 14.4. The Hall–Kier alpha value is -3.12. The van der Waals surface area contributed by atoms with Crippen molar-refractivity contribution in [3.8, 4) is 11.1 Å². The lowest BCUT2D eigenvalue weighted by Gasteiger charge is -2.15. The number of hydrogen-bond acceptors (Lipinski definition) is 0. The maximum Gasteiger partial charge on any atom is -0.00145 e. The minimum atomic E-state index is 1.16. The monoisotopic (exact) mass is 320 g/mol. The predicted molar refractivity (Wildman–Crippen MR) is 108 cm³/mol. The highest BCUT2D eigenvalue weighted by atomic mass is 14.3. The molecular weight excluding hydrogens is 300 g/mol. The van der Waals surface area contributed by atoms with E-state index in [0.717, 1.165) is 5.57 Å². The van der Waals surface area contributed by atoms with Gasteiger partial charge in [0.05, 0.1) is 0 Å². The number of fused-ring (bicyclic) bond motifs is 3. The highest BCUT2D eigenvalue weighted by Crippen LogP contribution is 2.48. The van der Waals surface area contributed by atoms with E-state index in [1.807, 2.05) is 6.08 Å². The fourth-order valence-corrected chi connectivity index (χ4v) is 3.71. The molecule has 0 amide bonds. The van der Waals surface area contributed by atoms with Gasteiger partial charge in [0.1, 0.15) is 0 Å². The molecule has 120 valence electrons. The molecule has 0 atom stereocenters. The Bertz CT molecular complexity index is 953. The van der Waals surface area contributed by atoms with E-state index < -0.39 is 0 Å². The molecule has 25 heavy (non-hydrogen) atoms. The van der Waals surface area contributed by atoms with Crippen LogP contribution in [0.5, 0.6) is 0 Å². The first-order valence-electron chi connectivity index (χ1n) is 8.63. The maximum absolute atomic E-state index is 4.06. The van der Waals surface area contributed by atoms with E-state index >= 15 is 0 Å². The van der Waals surface area contributed by atoms with E-state index in [9.17, 15) is 0 Å². The van der Waals surface area contributed by atoms with E-state index in [2.05, 4.69) is 98.4 Å². The average Bonchev–Trinajstić information content (AvgIpc) is 3.01. The van der Waals surface area contributed by atoms with Crippen LogP contribution in [0.4, 0.5) is 0 Å². The van der Waals surface area contributed by atoms with Gasteiger partial charge >= 0.3 is 0 Å². The van der Waals surface area contributed by atoms with Gasteiger partial charge in [-0.25, -0.2) is 0 Å². The molecule has 0 radical (unpaired) electrons. The van der Waals surface area contributed by atoms with Gasteiger partial charge in [0, 0.05) is 0 Å². The second kappa shape index (κ2) is 6.41. The second-order valence-electron chi connectivity index (χ2n) is 6.16. The summed E-state index contributed by atoms with van der Waals surface area (Å²) in [5, 5.41) is 0. The highest BCUT2D eigenvalue weighted by molar-refractivity contribution is 6.13. The van der Waals surface area contributed by atoms with Gasteiger partial charge in [0.25, 0.3) is 0 Å². The molecule has 0 saturated heterocycles. The van der Waals surface area contributed by atoms with Crippen molar-refractivity contribution in [2.45, 2.75) is 6.92 Å². The summed E-state index contributed by atoms with van der Waals surface area (Å²) in [4.78, 5) is 0. The minimum Gasteiger partial charge on any atom is -0.0985 e. The third kappa shape index (κ3) is 2.47. The Morgan fingerprint density at radius 1 is 0.680 bits per heavy atom. The lowest BCUT2D eigenvalue weighted by Crippen LogP contribution is -1.94. The van der Waals surface area contributed by atoms with Crippen LogP contribution in [0.25, 0.3) is 22.3 Å². The van der Waals surface area contributed by atoms with Crippen LogP contribution in [0.1, 0.15) is 23.6 Å². The highest BCUT2D eigenvalue weighted by Gasteiger charge is 2.26. The summed E-state index contributed by atoms with van der Waals surface area (Å²) in [5.74, 6) is 0. The van der Waals surface area contributed by atoms with Crippen LogP contribution < -0.4 is 0 Å². The summed E-state index contributed by atoms with van der Waals surface area (Å²) in [6.45, 7) is 6.14. The van der Waals surface area contributed by atoms with E-state index in [-0.39, 0.29) is 0 Å². The first kappa shape index (κ1) is 15.4. The van der Waals surface area contributed by atoms with Crippen LogP contribution in [0.2, 0.25) is 0 Å². The molecule has 0 heteroatoms. The summed E-state index contributed by atoms with van der Waals surface area (Å²) in [6, 6.07) is 28.0. The Labute approximate surface area is 149 Å². The molecule has 0 fully saturated rings. The normalized spacial score (nSPS) is 12.5. The third-order valence-electron chi connectivity index (χ3n) is 4.82. The van der Waals surface area contributed by atoms with Crippen LogP contribution in [0.3, 0.4) is 0 Å². The molecule has 0 aromatic heterocycles. The van der Waals surface area contributed by atoms with Gasteiger partial charge in [0.2, 0.25) is 0 Å². The summed E-state index contributed by atoms with van der Waals surface area (Å²) < 4.78 is 0. The molecule has 4 rings (SSSR count). The van der Waals surface area contributed by atoms with E-state index in [4.69, 9.17) is 0 Å². The standard InChI is InChI=1S/C25H20/c1-3-18(4-2)24(19-12-6-5-7-13-19)25-22-16-10-8-14-20(22)21-15-9-11-17-23(21)25/h3-17H,1H2,2H3/b18-4+. The van der Waals surface area contributed by atoms with Crippen molar-refractivity contribution in [3.63, 3.8) is 0 Å². The van der Waals surface area contributed by atoms with Gasteiger partial charge in [-0.15, -0.1) is 0 Å². The third-order valence-corrected chi connectivity index (χ3v) is 4.82. The molecular formula is C25H20. The van der Waals surface area contributed by atoms with Crippen LogP contribution in [0.15, 0.2) is 103 Å². The summed E-state index contributed by atoms with van der Waals surface area (Å²) in [7, 11) is 0. The van der Waals surface area contributed by atoms with Gasteiger partial charge in [-0.1, -0.05) is 97.6 Å². The number of allylic oxidation sites excluding steroid dienone is 4. The first-order valence-corrected chi connectivity index (χ1v) is 8.63. The fourth-order valence-electron chi connectivity index (χ4n) is 3.71. The van der Waals surface area contributed by atoms with E-state index in [1.165, 1.54) is 39.0 Å². The SMILES string of the molecule is C=C/C(=C\C)C(=C1c2ccccc2-c2ccccc21)c1ccccc1. The quantitative estimate of drug-likeness (QED) is 0.366. The zero-order chi connectivity index (χ0) is 17.2. The number of hydrogen-bond donors (Lipinski definition) is 0. The maximum atomic E-state index is 4.06. The van der Waals surface area contributed by atoms with Gasteiger partial charge in [-0.05, 0) is 51.5 Å². The first-order chi connectivity index (χ1) is 12.3. The van der Waals surface area contributed by atoms with Gasteiger partial charge < -0.3 is 0 Å². The molecule has 1 aliphatic rings. The fraction of sp³-hybridized carbons (Fsp3) is 0.0400. The van der Waals surface area contributed by atoms with E-state index in [1.54, 1.807) is 0 Å². The second-order valence-corrected chi connectivity index (χ2v) is 6.16. The van der Waals surface area contributed by atoms with Crippen LogP contribution in [-0.4, -0.2) is 0 Å². The van der Waals surface area contributed by atoms with Crippen molar-refractivity contribution >= 4 is 11.1 Å². The topological polar surface area (TPSA) is 0 Å². The summed E-state index contributed by atoms with van der Waals surface area (Å²) in [6.07, 6.45) is 4.10. The molecule has 0 unspecified atom stereocenters. The van der Waals surface area contributed by atoms with Gasteiger partial charge in [0.15, 0.2) is 0 Å².